The molecule has 0 bridgehead atoms. The number of hydrogen-bond donors (Lipinski definition) is 1. The second kappa shape index (κ2) is 6.31. The molecule has 0 radical (unpaired) electrons. The Bertz CT molecular complexity index is 666. The van der Waals surface area contributed by atoms with Crippen molar-refractivity contribution in [3.8, 4) is 0 Å². The van der Waals surface area contributed by atoms with E-state index in [1.54, 1.807) is 0 Å². The largest absolute Gasteiger partial charge is 0.261 e. The molecule has 0 amide bonds. The third-order valence-electron chi connectivity index (χ3n) is 2.10. The van der Waals surface area contributed by atoms with Crippen LogP contribution in [0.25, 0.3) is 0 Å². The minimum Gasteiger partial charge on any atom is -0.260 e. The molecule has 0 saturated heterocycles. The Balaban J connectivity index is 2.88. The van der Waals surface area contributed by atoms with Gasteiger partial charge in [0, 0.05) is 40.0 Å². The molecule has 0 aliphatic carbocycles. The van der Waals surface area contributed by atoms with Gasteiger partial charge in [0.1, 0.15) is 0 Å². The molecule has 1 N–H and O–H groups in total. The summed E-state index contributed by atoms with van der Waals surface area (Å²) in [6, 6.07) is 4.49. The van der Waals surface area contributed by atoms with E-state index in [-0.39, 0.29) is 22.1 Å². The highest BCUT2D eigenvalue weighted by atomic mass is 35.7. The molecule has 0 fully saturated rings. The first-order chi connectivity index (χ1) is 8.63. The van der Waals surface area contributed by atoms with Crippen molar-refractivity contribution in [2.75, 3.05) is 18.6 Å². The van der Waals surface area contributed by atoms with Gasteiger partial charge in [-0.2, -0.15) is 0 Å². The highest BCUT2D eigenvalue weighted by Gasteiger charge is 2.16. The van der Waals surface area contributed by atoms with Crippen LogP contribution in [0.3, 0.4) is 0 Å². The van der Waals surface area contributed by atoms with Gasteiger partial charge < -0.3 is 0 Å². The van der Waals surface area contributed by atoms with E-state index in [0.717, 1.165) is 24.3 Å². The van der Waals surface area contributed by atoms with Gasteiger partial charge in [0.2, 0.25) is 10.0 Å². The lowest BCUT2D eigenvalue weighted by atomic mass is 10.4. The quantitative estimate of drug-likeness (QED) is 0.746. The Morgan fingerprint density at radius 3 is 2.00 bits per heavy atom. The Kier molecular flexibility index (Phi) is 5.51. The van der Waals surface area contributed by atoms with Gasteiger partial charge in [-0.05, 0) is 24.3 Å². The lowest BCUT2D eigenvalue weighted by Crippen LogP contribution is -2.27. The number of nitrogens with one attached hydrogen (secondary N) is 1. The first kappa shape index (κ1) is 16.6. The zero-order valence-corrected chi connectivity index (χ0v) is 13.1. The van der Waals surface area contributed by atoms with Crippen LogP contribution in [0, 0.1) is 0 Å². The van der Waals surface area contributed by atoms with Crippen LogP contribution in [0.1, 0.15) is 0 Å². The molecule has 0 aliphatic rings. The fourth-order valence-electron chi connectivity index (χ4n) is 1.18. The monoisotopic (exact) mass is 345 g/mol. The predicted octanol–water partition coefficient (Wildman–Crippen LogP) is 0.271. The Morgan fingerprint density at radius 1 is 1.11 bits per heavy atom. The Morgan fingerprint density at radius 2 is 1.58 bits per heavy atom. The molecular weight excluding hydrogens is 334 g/mol. The van der Waals surface area contributed by atoms with Crippen LogP contribution in [0.5, 0.6) is 0 Å². The van der Waals surface area contributed by atoms with Gasteiger partial charge >= 0.3 is 0 Å². The smallest absolute Gasteiger partial charge is 0.260 e. The highest BCUT2D eigenvalue weighted by molar-refractivity contribution is 8.13. The maximum atomic E-state index is 11.8. The van der Waals surface area contributed by atoms with Crippen LogP contribution in [-0.4, -0.2) is 39.6 Å². The van der Waals surface area contributed by atoms with E-state index in [0.29, 0.717) is 0 Å². The van der Waals surface area contributed by atoms with Crippen molar-refractivity contribution in [2.45, 2.75) is 9.79 Å². The molecule has 0 spiro atoms. The summed E-state index contributed by atoms with van der Waals surface area (Å²) >= 11 is 0. The van der Waals surface area contributed by atoms with Crippen LogP contribution >= 0.6 is 10.7 Å². The van der Waals surface area contributed by atoms with Gasteiger partial charge in [0.25, 0.3) is 9.05 Å². The molecule has 0 heterocycles. The summed E-state index contributed by atoms with van der Waals surface area (Å²) < 4.78 is 58.7. The Labute approximate surface area is 119 Å². The average Bonchev–Trinajstić information content (AvgIpc) is 2.27. The molecule has 19 heavy (non-hydrogen) atoms. The summed E-state index contributed by atoms with van der Waals surface area (Å²) in [5, 5.41) is 0. The van der Waals surface area contributed by atoms with Crippen molar-refractivity contribution in [3.63, 3.8) is 0 Å². The van der Waals surface area contributed by atoms with Crippen molar-refractivity contribution >= 4 is 40.6 Å². The number of benzene rings is 1. The van der Waals surface area contributed by atoms with Gasteiger partial charge in [-0.3, -0.25) is 4.21 Å². The summed E-state index contributed by atoms with van der Waals surface area (Å²) in [5.74, 6) is 0.202. The third-order valence-corrected chi connectivity index (χ3v) is 5.72. The van der Waals surface area contributed by atoms with Crippen molar-refractivity contribution < 1.29 is 21.0 Å². The van der Waals surface area contributed by atoms with Crippen LogP contribution in [0.4, 0.5) is 0 Å². The molecule has 0 saturated carbocycles. The molecule has 0 aliphatic heterocycles. The second-order valence-corrected chi connectivity index (χ2v) is 9.47. The van der Waals surface area contributed by atoms with Gasteiger partial charge in [-0.15, -0.1) is 0 Å². The fourth-order valence-corrected chi connectivity index (χ4v) is 3.50. The molecule has 10 heteroatoms. The first-order valence-electron chi connectivity index (χ1n) is 4.97. The third kappa shape index (κ3) is 5.19. The van der Waals surface area contributed by atoms with Crippen molar-refractivity contribution in [3.05, 3.63) is 24.3 Å². The van der Waals surface area contributed by atoms with Gasteiger partial charge in [-0.25, -0.2) is 21.6 Å². The molecule has 108 valence electrons. The molecule has 1 unspecified atom stereocenters. The molecule has 1 aromatic rings. The summed E-state index contributed by atoms with van der Waals surface area (Å²) in [5.41, 5.74) is 0. The SMILES string of the molecule is CS(=O)CCNS(=O)(=O)c1ccc(S(=O)(=O)Cl)cc1. The number of halogens is 1. The topological polar surface area (TPSA) is 97.4 Å². The molecule has 1 rings (SSSR count). The van der Waals surface area contributed by atoms with Crippen molar-refractivity contribution in [2.24, 2.45) is 0 Å². The van der Waals surface area contributed by atoms with E-state index in [9.17, 15) is 21.0 Å². The lowest BCUT2D eigenvalue weighted by molar-refractivity contribution is 0.583. The standard InChI is InChI=1S/C9H12ClNO5S3/c1-17(12)7-6-11-19(15,16)9-4-2-8(3-5-9)18(10,13)14/h2-5,11H,6-7H2,1H3. The first-order valence-corrected chi connectivity index (χ1v) is 10.5. The summed E-state index contributed by atoms with van der Waals surface area (Å²) in [6.45, 7) is 0.0427. The molecule has 1 atom stereocenters. The molecular formula is C9H12ClNO5S3. The van der Waals surface area contributed by atoms with Gasteiger partial charge in [0.15, 0.2) is 0 Å². The minimum atomic E-state index is -3.88. The highest BCUT2D eigenvalue weighted by Crippen LogP contribution is 2.17. The maximum absolute atomic E-state index is 11.8. The molecule has 0 aromatic heterocycles. The molecule has 1 aromatic carbocycles. The predicted molar refractivity (Wildman–Crippen MR) is 73.6 cm³/mol. The Hall–Kier alpha value is -0.480. The van der Waals surface area contributed by atoms with Crippen LogP contribution < -0.4 is 4.72 Å². The van der Waals surface area contributed by atoms with Crippen LogP contribution in [0.2, 0.25) is 0 Å². The molecule has 6 nitrogen and oxygen atoms in total. The summed E-state index contributed by atoms with van der Waals surface area (Å²) in [7, 11) is -3.60. The number of rotatable bonds is 6. The maximum Gasteiger partial charge on any atom is 0.261 e. The number of hydrogen-bond acceptors (Lipinski definition) is 5. The van der Waals surface area contributed by atoms with Crippen molar-refractivity contribution in [1.29, 1.82) is 0 Å². The van der Waals surface area contributed by atoms with Crippen LogP contribution in [0.15, 0.2) is 34.1 Å². The van der Waals surface area contributed by atoms with E-state index in [1.165, 1.54) is 6.26 Å². The fraction of sp³-hybridized carbons (Fsp3) is 0.333. The van der Waals surface area contributed by atoms with E-state index < -0.39 is 29.9 Å². The van der Waals surface area contributed by atoms with E-state index in [1.807, 2.05) is 0 Å². The summed E-state index contributed by atoms with van der Waals surface area (Å²) in [6.07, 6.45) is 1.47. The minimum absolute atomic E-state index is 0.0427. The van der Waals surface area contributed by atoms with E-state index >= 15 is 0 Å². The second-order valence-electron chi connectivity index (χ2n) is 3.58. The average molecular weight is 346 g/mol. The van der Waals surface area contributed by atoms with Gasteiger partial charge in [0.05, 0.1) is 9.79 Å². The number of sulfonamides is 1. The van der Waals surface area contributed by atoms with Crippen LogP contribution in [-0.2, 0) is 29.9 Å². The van der Waals surface area contributed by atoms with Crippen molar-refractivity contribution in [1.82, 2.24) is 4.72 Å². The van der Waals surface area contributed by atoms with Gasteiger partial charge in [-0.1, -0.05) is 0 Å². The summed E-state index contributed by atoms with van der Waals surface area (Å²) in [4.78, 5) is -0.263. The van der Waals surface area contributed by atoms with E-state index in [4.69, 9.17) is 10.7 Å². The zero-order valence-electron chi connectivity index (χ0n) is 9.87. The zero-order chi connectivity index (χ0) is 14.7. The lowest BCUT2D eigenvalue weighted by Gasteiger charge is -2.06. The normalized spacial score (nSPS) is 14.2. The van der Waals surface area contributed by atoms with E-state index in [2.05, 4.69) is 4.72 Å².